The molecule has 0 amide bonds. The van der Waals surface area contributed by atoms with Crippen LogP contribution in [0.3, 0.4) is 0 Å². The van der Waals surface area contributed by atoms with Crippen molar-refractivity contribution in [3.05, 3.63) is 34.6 Å². The average Bonchev–Trinajstić information content (AvgIpc) is 2.97. The first-order valence-corrected chi connectivity index (χ1v) is 10.1. The van der Waals surface area contributed by atoms with Crippen LogP contribution < -0.4 is 5.56 Å². The Balaban J connectivity index is 2.34. The molecular weight excluding hydrogens is 346 g/mol. The fraction of sp³-hybridized carbons (Fsp3) is 0.500. The Labute approximate surface area is 146 Å². The maximum atomic E-state index is 13.0. The number of nitrogens with one attached hydrogen (secondary N) is 1. The van der Waals surface area contributed by atoms with E-state index in [9.17, 15) is 13.2 Å². The molecule has 0 fully saturated rings. The molecule has 0 unspecified atom stereocenters. The van der Waals surface area contributed by atoms with Gasteiger partial charge in [-0.2, -0.15) is 9.40 Å². The van der Waals surface area contributed by atoms with Gasteiger partial charge in [0.2, 0.25) is 0 Å². The Morgan fingerprint density at radius 1 is 1.08 bits per heavy atom. The Morgan fingerprint density at radius 3 is 2.21 bits per heavy atom. The summed E-state index contributed by atoms with van der Waals surface area (Å²) in [6.45, 7) is 9.01. The van der Waals surface area contributed by atoms with Crippen molar-refractivity contribution in [2.45, 2.75) is 31.9 Å². The number of sulfonamides is 1. The van der Waals surface area contributed by atoms with E-state index in [1.54, 1.807) is 22.5 Å². The van der Waals surface area contributed by atoms with Crippen molar-refractivity contribution in [1.82, 2.24) is 14.5 Å². The monoisotopic (exact) mass is 369 g/mol. The molecule has 0 spiro atoms. The van der Waals surface area contributed by atoms with Gasteiger partial charge in [0.15, 0.2) is 0 Å². The quantitative estimate of drug-likeness (QED) is 0.813. The van der Waals surface area contributed by atoms with Crippen LogP contribution in [0, 0.1) is 11.8 Å². The second kappa shape index (κ2) is 7.58. The standard InChI is InChI=1S/C16H23N3O3S2/c1-11(2)9-19(10-12(3)4)24(21,22)16-8-6-14(23-16)13-5-7-15(20)18-17-13/h5-8,11-12H,9-10H2,1-4H3,(H,18,20). The lowest BCUT2D eigenvalue weighted by Gasteiger charge is -2.24. The predicted molar refractivity (Wildman–Crippen MR) is 96.6 cm³/mol. The first kappa shape index (κ1) is 18.8. The van der Waals surface area contributed by atoms with E-state index in [2.05, 4.69) is 10.2 Å². The van der Waals surface area contributed by atoms with Gasteiger partial charge >= 0.3 is 0 Å². The zero-order valence-corrected chi connectivity index (χ0v) is 15.9. The smallest absolute Gasteiger partial charge is 0.264 e. The van der Waals surface area contributed by atoms with Gasteiger partial charge in [-0.15, -0.1) is 11.3 Å². The topological polar surface area (TPSA) is 83.1 Å². The highest BCUT2D eigenvalue weighted by atomic mass is 32.2. The van der Waals surface area contributed by atoms with Crippen LogP contribution in [0.5, 0.6) is 0 Å². The molecule has 6 nitrogen and oxygen atoms in total. The molecule has 0 aliphatic heterocycles. The van der Waals surface area contributed by atoms with Gasteiger partial charge in [-0.25, -0.2) is 13.5 Å². The molecule has 0 aliphatic rings. The Hall–Kier alpha value is -1.51. The van der Waals surface area contributed by atoms with Gasteiger partial charge in [0.25, 0.3) is 15.6 Å². The predicted octanol–water partition coefficient (Wildman–Crippen LogP) is 2.80. The summed E-state index contributed by atoms with van der Waals surface area (Å²) in [5.74, 6) is 0.498. The van der Waals surface area contributed by atoms with Gasteiger partial charge < -0.3 is 0 Å². The fourth-order valence-corrected chi connectivity index (χ4v) is 5.49. The summed E-state index contributed by atoms with van der Waals surface area (Å²) in [6, 6.07) is 6.29. The largest absolute Gasteiger partial charge is 0.268 e. The summed E-state index contributed by atoms with van der Waals surface area (Å²) in [5, 5.41) is 6.31. The molecule has 2 rings (SSSR count). The fourth-order valence-electron chi connectivity index (χ4n) is 2.29. The molecule has 8 heteroatoms. The number of rotatable bonds is 7. The molecular formula is C16H23N3O3S2. The second-order valence-corrected chi connectivity index (χ2v) is 9.78. The van der Waals surface area contributed by atoms with E-state index >= 15 is 0 Å². The van der Waals surface area contributed by atoms with Crippen LogP contribution in [0.2, 0.25) is 0 Å². The molecule has 0 aromatic carbocycles. The van der Waals surface area contributed by atoms with Gasteiger partial charge in [-0.1, -0.05) is 27.7 Å². The molecule has 0 radical (unpaired) electrons. The van der Waals surface area contributed by atoms with E-state index in [-0.39, 0.29) is 17.4 Å². The Kier molecular flexibility index (Phi) is 5.95. The number of hydrogen-bond acceptors (Lipinski definition) is 5. The van der Waals surface area contributed by atoms with Crippen LogP contribution in [0.25, 0.3) is 10.6 Å². The van der Waals surface area contributed by atoms with Crippen molar-refractivity contribution in [3.8, 4) is 10.6 Å². The molecule has 1 N–H and O–H groups in total. The van der Waals surface area contributed by atoms with E-state index in [0.29, 0.717) is 27.9 Å². The molecule has 0 saturated heterocycles. The average molecular weight is 370 g/mol. The van der Waals surface area contributed by atoms with Crippen molar-refractivity contribution >= 4 is 21.4 Å². The Bertz CT molecular complexity index is 808. The number of aromatic amines is 1. The lowest BCUT2D eigenvalue weighted by atomic mass is 10.2. The lowest BCUT2D eigenvalue weighted by Crippen LogP contribution is -2.36. The van der Waals surface area contributed by atoms with E-state index in [1.807, 2.05) is 27.7 Å². The number of H-pyrrole nitrogens is 1. The summed E-state index contributed by atoms with van der Waals surface area (Å²) >= 11 is 1.17. The minimum atomic E-state index is -3.53. The highest BCUT2D eigenvalue weighted by molar-refractivity contribution is 7.91. The van der Waals surface area contributed by atoms with E-state index in [4.69, 9.17) is 0 Å². The summed E-state index contributed by atoms with van der Waals surface area (Å²) in [7, 11) is -3.53. The number of nitrogens with zero attached hydrogens (tertiary/aromatic N) is 2. The molecule has 2 aromatic heterocycles. The van der Waals surface area contributed by atoms with E-state index < -0.39 is 10.0 Å². The minimum Gasteiger partial charge on any atom is -0.268 e. The highest BCUT2D eigenvalue weighted by Crippen LogP contribution is 2.31. The third kappa shape index (κ3) is 4.52. The van der Waals surface area contributed by atoms with Gasteiger partial charge in [0.05, 0.1) is 4.88 Å². The van der Waals surface area contributed by atoms with Gasteiger partial charge in [-0.3, -0.25) is 4.79 Å². The number of thiophene rings is 1. The molecule has 2 heterocycles. The molecule has 2 aromatic rings. The van der Waals surface area contributed by atoms with Crippen LogP contribution in [0.15, 0.2) is 33.3 Å². The highest BCUT2D eigenvalue weighted by Gasteiger charge is 2.27. The first-order chi connectivity index (χ1) is 11.2. The molecule has 0 aliphatic carbocycles. The van der Waals surface area contributed by atoms with Crippen LogP contribution in [0.1, 0.15) is 27.7 Å². The van der Waals surface area contributed by atoms with Crippen molar-refractivity contribution in [3.63, 3.8) is 0 Å². The van der Waals surface area contributed by atoms with Crippen LogP contribution in [-0.4, -0.2) is 36.0 Å². The second-order valence-electron chi connectivity index (χ2n) is 6.53. The summed E-state index contributed by atoms with van der Waals surface area (Å²) in [5.41, 5.74) is 0.267. The van der Waals surface area contributed by atoms with Crippen molar-refractivity contribution in [1.29, 1.82) is 0 Å². The van der Waals surface area contributed by atoms with Crippen LogP contribution >= 0.6 is 11.3 Å². The molecule has 0 atom stereocenters. The van der Waals surface area contributed by atoms with Crippen LogP contribution in [0.4, 0.5) is 0 Å². The lowest BCUT2D eigenvalue weighted by molar-refractivity contribution is 0.334. The number of aromatic nitrogens is 2. The SMILES string of the molecule is CC(C)CN(CC(C)C)S(=O)(=O)c1ccc(-c2ccc(=O)[nH]n2)s1. The maximum absolute atomic E-state index is 13.0. The van der Waals surface area contributed by atoms with Crippen molar-refractivity contribution < 1.29 is 8.42 Å². The number of hydrogen-bond donors (Lipinski definition) is 1. The molecule has 132 valence electrons. The van der Waals surface area contributed by atoms with Gasteiger partial charge in [0, 0.05) is 19.2 Å². The minimum absolute atomic E-state index is 0.249. The van der Waals surface area contributed by atoms with Crippen molar-refractivity contribution in [2.75, 3.05) is 13.1 Å². The third-order valence-corrected chi connectivity index (χ3v) is 6.65. The van der Waals surface area contributed by atoms with Crippen molar-refractivity contribution in [2.24, 2.45) is 11.8 Å². The summed E-state index contributed by atoms with van der Waals surface area (Å²) < 4.78 is 27.8. The van der Waals surface area contributed by atoms with E-state index in [0.717, 1.165) is 0 Å². The van der Waals surface area contributed by atoms with E-state index in [1.165, 1.54) is 17.4 Å². The maximum Gasteiger partial charge on any atom is 0.264 e. The van der Waals surface area contributed by atoms with Crippen LogP contribution in [-0.2, 0) is 10.0 Å². The Morgan fingerprint density at radius 2 is 1.71 bits per heavy atom. The van der Waals surface area contributed by atoms with Gasteiger partial charge in [0.1, 0.15) is 9.90 Å². The zero-order valence-electron chi connectivity index (χ0n) is 14.3. The molecule has 24 heavy (non-hydrogen) atoms. The third-order valence-electron chi connectivity index (χ3n) is 3.24. The van der Waals surface area contributed by atoms with Gasteiger partial charge in [-0.05, 0) is 30.0 Å². The molecule has 0 bridgehead atoms. The normalized spacial score (nSPS) is 12.5. The first-order valence-electron chi connectivity index (χ1n) is 7.86. The summed E-state index contributed by atoms with van der Waals surface area (Å²) in [6.07, 6.45) is 0. The molecule has 0 saturated carbocycles. The summed E-state index contributed by atoms with van der Waals surface area (Å²) in [4.78, 5) is 11.8. The zero-order chi connectivity index (χ0) is 17.9.